The molecule has 1 rings (SSSR count). The standard InChI is InChI=1S/C15H24BNO2/c1-10-9-12(16-6)7-8-13(10)11(2)17-14(18)19-15(3,4)5/h7-9,11,16H,1-6H3,(H,17,18). The van der Waals surface area contributed by atoms with Crippen LogP contribution in [0.3, 0.4) is 0 Å². The summed E-state index contributed by atoms with van der Waals surface area (Å²) in [5, 5.41) is 2.87. The first-order valence-electron chi connectivity index (χ1n) is 6.82. The van der Waals surface area contributed by atoms with Crippen LogP contribution in [0.1, 0.15) is 44.9 Å². The Kier molecular flexibility index (Phi) is 5.04. The topological polar surface area (TPSA) is 38.3 Å². The van der Waals surface area contributed by atoms with Gasteiger partial charge in [0, 0.05) is 0 Å². The van der Waals surface area contributed by atoms with Crippen molar-refractivity contribution in [3.63, 3.8) is 0 Å². The van der Waals surface area contributed by atoms with Gasteiger partial charge >= 0.3 is 6.09 Å². The Labute approximate surface area is 117 Å². The zero-order valence-electron chi connectivity index (χ0n) is 12.8. The molecule has 1 N–H and O–H groups in total. The minimum atomic E-state index is -0.467. The predicted molar refractivity (Wildman–Crippen MR) is 81.6 cm³/mol. The van der Waals surface area contributed by atoms with Crippen molar-refractivity contribution in [3.8, 4) is 0 Å². The molecule has 0 saturated heterocycles. The van der Waals surface area contributed by atoms with Crippen molar-refractivity contribution in [1.29, 1.82) is 0 Å². The second kappa shape index (κ2) is 6.13. The van der Waals surface area contributed by atoms with Gasteiger partial charge in [-0.25, -0.2) is 4.79 Å². The zero-order valence-corrected chi connectivity index (χ0v) is 12.8. The van der Waals surface area contributed by atoms with Crippen LogP contribution in [0.2, 0.25) is 6.82 Å². The van der Waals surface area contributed by atoms with Gasteiger partial charge in [-0.1, -0.05) is 30.5 Å². The maximum absolute atomic E-state index is 11.7. The van der Waals surface area contributed by atoms with Gasteiger partial charge in [-0.2, -0.15) is 0 Å². The number of alkyl carbamates (subject to hydrolysis) is 1. The number of carbonyl (C=O) groups is 1. The van der Waals surface area contributed by atoms with E-state index in [1.807, 2.05) is 27.7 Å². The number of hydrogen-bond acceptors (Lipinski definition) is 2. The SMILES string of the molecule is CBc1ccc(C(C)NC(=O)OC(C)(C)C)c(C)c1. The second-order valence-electron chi connectivity index (χ2n) is 5.91. The smallest absolute Gasteiger partial charge is 0.408 e. The van der Waals surface area contributed by atoms with E-state index in [4.69, 9.17) is 4.74 Å². The Hall–Kier alpha value is -1.45. The molecule has 0 bridgehead atoms. The van der Waals surface area contributed by atoms with E-state index in [0.717, 1.165) is 12.8 Å². The first kappa shape index (κ1) is 15.6. The predicted octanol–water partition coefficient (Wildman–Crippen LogP) is 2.69. The summed E-state index contributed by atoms with van der Waals surface area (Å²) in [6.45, 7) is 11.8. The van der Waals surface area contributed by atoms with Crippen LogP contribution in [-0.4, -0.2) is 19.0 Å². The molecule has 0 radical (unpaired) electrons. The van der Waals surface area contributed by atoms with Gasteiger partial charge in [0.25, 0.3) is 0 Å². The number of ether oxygens (including phenoxy) is 1. The van der Waals surface area contributed by atoms with E-state index >= 15 is 0 Å². The average molecular weight is 261 g/mol. The molecule has 1 amide bonds. The minimum Gasteiger partial charge on any atom is -0.444 e. The number of amides is 1. The van der Waals surface area contributed by atoms with Crippen molar-refractivity contribution in [3.05, 3.63) is 29.3 Å². The molecule has 0 aromatic heterocycles. The largest absolute Gasteiger partial charge is 0.444 e. The average Bonchev–Trinajstić information content (AvgIpc) is 2.25. The lowest BCUT2D eigenvalue weighted by atomic mass is 9.72. The van der Waals surface area contributed by atoms with Gasteiger partial charge in [-0.15, -0.1) is 0 Å². The maximum Gasteiger partial charge on any atom is 0.408 e. The fraction of sp³-hybridized carbons (Fsp3) is 0.533. The highest BCUT2D eigenvalue weighted by molar-refractivity contribution is 6.51. The highest BCUT2D eigenvalue weighted by atomic mass is 16.6. The molecule has 0 aliphatic carbocycles. The molecule has 3 nitrogen and oxygen atoms in total. The molecule has 104 valence electrons. The van der Waals surface area contributed by atoms with E-state index in [-0.39, 0.29) is 12.1 Å². The van der Waals surface area contributed by atoms with Crippen LogP contribution in [-0.2, 0) is 4.74 Å². The molecule has 19 heavy (non-hydrogen) atoms. The molecule has 0 fully saturated rings. The van der Waals surface area contributed by atoms with E-state index in [0.29, 0.717) is 0 Å². The Morgan fingerprint density at radius 2 is 2.00 bits per heavy atom. The molecular weight excluding hydrogens is 237 g/mol. The fourth-order valence-corrected chi connectivity index (χ4v) is 2.01. The summed E-state index contributed by atoms with van der Waals surface area (Å²) >= 11 is 0. The fourth-order valence-electron chi connectivity index (χ4n) is 2.01. The number of aryl methyl sites for hydroxylation is 1. The molecule has 1 aromatic carbocycles. The van der Waals surface area contributed by atoms with Gasteiger partial charge in [-0.3, -0.25) is 0 Å². The number of rotatable bonds is 3. The first-order chi connectivity index (χ1) is 8.73. The van der Waals surface area contributed by atoms with Crippen molar-refractivity contribution < 1.29 is 9.53 Å². The molecule has 1 unspecified atom stereocenters. The monoisotopic (exact) mass is 261 g/mol. The summed E-state index contributed by atoms with van der Waals surface area (Å²) in [6.07, 6.45) is -0.376. The van der Waals surface area contributed by atoms with Gasteiger partial charge in [0.05, 0.1) is 6.04 Å². The van der Waals surface area contributed by atoms with E-state index < -0.39 is 5.60 Å². The van der Waals surface area contributed by atoms with Gasteiger partial charge < -0.3 is 10.1 Å². The molecule has 0 aliphatic rings. The number of carbonyl (C=O) groups excluding carboxylic acids is 1. The minimum absolute atomic E-state index is 0.0549. The van der Waals surface area contributed by atoms with Crippen LogP contribution < -0.4 is 10.8 Å². The lowest BCUT2D eigenvalue weighted by molar-refractivity contribution is 0.0508. The van der Waals surface area contributed by atoms with Crippen LogP contribution in [0.25, 0.3) is 0 Å². The van der Waals surface area contributed by atoms with Gasteiger partial charge in [0.2, 0.25) is 0 Å². The lowest BCUT2D eigenvalue weighted by Gasteiger charge is -2.23. The van der Waals surface area contributed by atoms with Crippen LogP contribution in [0.5, 0.6) is 0 Å². The third kappa shape index (κ3) is 4.97. The Morgan fingerprint density at radius 1 is 1.37 bits per heavy atom. The van der Waals surface area contributed by atoms with E-state index in [9.17, 15) is 4.79 Å². The molecule has 1 aromatic rings. The third-order valence-corrected chi connectivity index (χ3v) is 2.94. The van der Waals surface area contributed by atoms with E-state index in [2.05, 4.69) is 37.3 Å². The molecular formula is C15H24BNO2. The van der Waals surface area contributed by atoms with E-state index in [1.54, 1.807) is 0 Å². The molecule has 0 aliphatic heterocycles. The number of nitrogens with one attached hydrogen (secondary N) is 1. The normalized spacial score (nSPS) is 12.7. The summed E-state index contributed by atoms with van der Waals surface area (Å²) in [5.41, 5.74) is 3.17. The van der Waals surface area contributed by atoms with Crippen molar-refractivity contribution in [2.75, 3.05) is 0 Å². The Bertz CT molecular complexity index is 452. The molecule has 0 spiro atoms. The third-order valence-electron chi connectivity index (χ3n) is 2.94. The highest BCUT2D eigenvalue weighted by Gasteiger charge is 2.18. The zero-order chi connectivity index (χ0) is 14.6. The summed E-state index contributed by atoms with van der Waals surface area (Å²) in [6, 6.07) is 6.30. The summed E-state index contributed by atoms with van der Waals surface area (Å²) in [7, 11) is 1.02. The van der Waals surface area contributed by atoms with Crippen LogP contribution >= 0.6 is 0 Å². The highest BCUT2D eigenvalue weighted by Crippen LogP contribution is 2.17. The van der Waals surface area contributed by atoms with Gasteiger partial charge in [0.1, 0.15) is 5.60 Å². The summed E-state index contributed by atoms with van der Waals surface area (Å²) < 4.78 is 5.26. The summed E-state index contributed by atoms with van der Waals surface area (Å²) in [4.78, 5) is 11.7. The Balaban J connectivity index is 2.73. The molecule has 0 heterocycles. The number of benzene rings is 1. The molecule has 4 heteroatoms. The summed E-state index contributed by atoms with van der Waals surface area (Å²) in [5.74, 6) is 0. The first-order valence-corrected chi connectivity index (χ1v) is 6.82. The maximum atomic E-state index is 11.7. The van der Waals surface area contributed by atoms with Crippen molar-refractivity contribution in [2.45, 2.75) is 53.1 Å². The van der Waals surface area contributed by atoms with Crippen molar-refractivity contribution in [1.82, 2.24) is 5.32 Å². The molecule has 0 saturated carbocycles. The molecule has 1 atom stereocenters. The van der Waals surface area contributed by atoms with Crippen molar-refractivity contribution >= 4 is 18.8 Å². The van der Waals surface area contributed by atoms with Crippen LogP contribution in [0.15, 0.2) is 18.2 Å². The number of hydrogen-bond donors (Lipinski definition) is 1. The van der Waals surface area contributed by atoms with Crippen molar-refractivity contribution in [2.24, 2.45) is 0 Å². The van der Waals surface area contributed by atoms with Gasteiger partial charge in [-0.05, 0) is 45.7 Å². The van der Waals surface area contributed by atoms with Crippen LogP contribution in [0.4, 0.5) is 4.79 Å². The second-order valence-corrected chi connectivity index (χ2v) is 5.91. The van der Waals surface area contributed by atoms with Crippen LogP contribution in [0, 0.1) is 6.92 Å². The quantitative estimate of drug-likeness (QED) is 0.849. The van der Waals surface area contributed by atoms with E-state index in [1.165, 1.54) is 11.0 Å². The Morgan fingerprint density at radius 3 is 2.47 bits per heavy atom. The van der Waals surface area contributed by atoms with Gasteiger partial charge in [0.15, 0.2) is 7.28 Å². The lowest BCUT2D eigenvalue weighted by Crippen LogP contribution is -2.34.